The molecule has 0 aliphatic carbocycles. The van der Waals surface area contributed by atoms with Gasteiger partial charge in [-0.2, -0.15) is 5.26 Å². The number of nitrogens with one attached hydrogen (secondary N) is 1. The number of rotatable bonds is 8. The number of benzene rings is 2. The number of sulfonamides is 1. The molecular weight excluding hydrogens is 366 g/mol. The van der Waals surface area contributed by atoms with Gasteiger partial charge in [0.05, 0.1) is 18.1 Å². The summed E-state index contributed by atoms with van der Waals surface area (Å²) in [5, 5.41) is 8.49. The number of nitrogens with zero attached hydrogens (tertiary/aromatic N) is 2. The lowest BCUT2D eigenvalue weighted by molar-refractivity contribution is 0.0784. The van der Waals surface area contributed by atoms with Crippen molar-refractivity contribution in [2.75, 3.05) is 20.7 Å². The molecule has 2 aromatic rings. The van der Waals surface area contributed by atoms with Gasteiger partial charge in [-0.15, -0.1) is 0 Å². The van der Waals surface area contributed by atoms with E-state index in [9.17, 15) is 13.2 Å². The van der Waals surface area contributed by atoms with Crippen LogP contribution in [0.5, 0.6) is 5.75 Å². The lowest BCUT2D eigenvalue weighted by Gasteiger charge is -2.19. The van der Waals surface area contributed by atoms with Gasteiger partial charge in [0.1, 0.15) is 5.75 Å². The Hall–Kier alpha value is -2.89. The van der Waals surface area contributed by atoms with E-state index in [1.165, 1.54) is 29.2 Å². The van der Waals surface area contributed by atoms with Crippen molar-refractivity contribution in [2.45, 2.75) is 17.9 Å². The molecule has 8 heteroatoms. The van der Waals surface area contributed by atoms with Crippen LogP contribution in [0.1, 0.15) is 22.3 Å². The molecule has 2 rings (SSSR count). The summed E-state index contributed by atoms with van der Waals surface area (Å²) in [7, 11) is -0.452. The van der Waals surface area contributed by atoms with Crippen molar-refractivity contribution in [3.63, 3.8) is 0 Å². The zero-order chi connectivity index (χ0) is 19.9. The smallest absolute Gasteiger partial charge is 0.253 e. The molecule has 142 valence electrons. The highest BCUT2D eigenvalue weighted by molar-refractivity contribution is 7.89. The lowest BCUT2D eigenvalue weighted by atomic mass is 10.1. The van der Waals surface area contributed by atoms with Gasteiger partial charge in [-0.1, -0.05) is 18.2 Å². The first-order chi connectivity index (χ1) is 12.9. The first-order valence-corrected chi connectivity index (χ1v) is 9.71. The Morgan fingerprint density at radius 1 is 1.19 bits per heavy atom. The summed E-state index contributed by atoms with van der Waals surface area (Å²) in [5.74, 6) is 0.462. The van der Waals surface area contributed by atoms with Gasteiger partial charge in [0.2, 0.25) is 10.0 Å². The fraction of sp³-hybridized carbons (Fsp3) is 0.263. The Kier molecular flexibility index (Phi) is 6.93. The van der Waals surface area contributed by atoms with Gasteiger partial charge in [0, 0.05) is 37.7 Å². The Balaban J connectivity index is 2.09. The van der Waals surface area contributed by atoms with Crippen LogP contribution in [0.3, 0.4) is 0 Å². The van der Waals surface area contributed by atoms with Crippen molar-refractivity contribution in [3.05, 3.63) is 59.7 Å². The molecule has 0 fully saturated rings. The second-order valence-electron chi connectivity index (χ2n) is 5.80. The molecule has 0 radical (unpaired) electrons. The Morgan fingerprint density at radius 3 is 2.48 bits per heavy atom. The average Bonchev–Trinajstić information content (AvgIpc) is 2.68. The highest BCUT2D eigenvalue weighted by atomic mass is 32.2. The molecule has 0 spiro atoms. The van der Waals surface area contributed by atoms with Crippen LogP contribution in [0.2, 0.25) is 0 Å². The standard InChI is InChI=1S/C19H21N3O4S/c1-22(14-16-6-3-4-7-18(16)26-2)19(23)15-8-10-17(11-9-15)27(24,25)21-13-5-12-20/h3-4,6-11,21H,5,13-14H2,1-2H3. The zero-order valence-electron chi connectivity index (χ0n) is 15.2. The van der Waals surface area contributed by atoms with Crippen molar-refractivity contribution in [1.29, 1.82) is 5.26 Å². The van der Waals surface area contributed by atoms with Crippen LogP contribution in [0.15, 0.2) is 53.4 Å². The highest BCUT2D eigenvalue weighted by Crippen LogP contribution is 2.20. The predicted molar refractivity (Wildman–Crippen MR) is 101 cm³/mol. The molecule has 7 nitrogen and oxygen atoms in total. The summed E-state index contributed by atoms with van der Waals surface area (Å²) in [6, 6.07) is 15.0. The Labute approximate surface area is 159 Å². The van der Waals surface area contributed by atoms with Crippen LogP contribution in [0.4, 0.5) is 0 Å². The lowest BCUT2D eigenvalue weighted by Crippen LogP contribution is -2.27. The molecule has 0 saturated heterocycles. The molecule has 0 bridgehead atoms. The molecular formula is C19H21N3O4S. The maximum absolute atomic E-state index is 12.6. The van der Waals surface area contributed by atoms with E-state index in [1.807, 2.05) is 30.3 Å². The van der Waals surface area contributed by atoms with Crippen LogP contribution in [-0.2, 0) is 16.6 Å². The molecule has 0 aliphatic rings. The van der Waals surface area contributed by atoms with E-state index in [1.54, 1.807) is 14.2 Å². The molecule has 2 aromatic carbocycles. The summed E-state index contributed by atoms with van der Waals surface area (Å²) in [6.45, 7) is 0.403. The third-order valence-corrected chi connectivity index (χ3v) is 5.36. The first kappa shape index (κ1) is 20.4. The molecule has 0 atom stereocenters. The SMILES string of the molecule is COc1ccccc1CN(C)C(=O)c1ccc(S(=O)(=O)NCCC#N)cc1. The number of nitriles is 1. The quantitative estimate of drug-likeness (QED) is 0.700. The number of methoxy groups -OCH3 is 1. The van der Waals surface area contributed by atoms with E-state index in [2.05, 4.69) is 4.72 Å². The van der Waals surface area contributed by atoms with E-state index < -0.39 is 10.0 Å². The van der Waals surface area contributed by atoms with Crippen LogP contribution in [0.25, 0.3) is 0 Å². The molecule has 1 N–H and O–H groups in total. The molecule has 0 heterocycles. The topological polar surface area (TPSA) is 99.5 Å². The second kappa shape index (κ2) is 9.16. The van der Waals surface area contributed by atoms with Crippen molar-refractivity contribution >= 4 is 15.9 Å². The summed E-state index contributed by atoms with van der Waals surface area (Å²) < 4.78 is 31.8. The van der Waals surface area contributed by atoms with Crippen LogP contribution in [0, 0.1) is 11.3 Å². The maximum atomic E-state index is 12.6. The molecule has 0 unspecified atom stereocenters. The van der Waals surface area contributed by atoms with Gasteiger partial charge in [-0.05, 0) is 30.3 Å². The summed E-state index contributed by atoms with van der Waals surface area (Å²) in [5.41, 5.74) is 1.25. The summed E-state index contributed by atoms with van der Waals surface area (Å²) in [4.78, 5) is 14.2. The Morgan fingerprint density at radius 2 is 1.85 bits per heavy atom. The number of carbonyl (C=O) groups is 1. The van der Waals surface area contributed by atoms with Gasteiger partial charge in [-0.3, -0.25) is 4.79 Å². The van der Waals surface area contributed by atoms with Crippen molar-refractivity contribution in [3.8, 4) is 11.8 Å². The minimum atomic E-state index is -3.70. The fourth-order valence-corrected chi connectivity index (χ4v) is 3.51. The Bertz CT molecular complexity index is 934. The fourth-order valence-electron chi connectivity index (χ4n) is 2.48. The van der Waals surface area contributed by atoms with Crippen molar-refractivity contribution in [2.24, 2.45) is 0 Å². The van der Waals surface area contributed by atoms with Crippen molar-refractivity contribution in [1.82, 2.24) is 9.62 Å². The monoisotopic (exact) mass is 387 g/mol. The average molecular weight is 387 g/mol. The van der Waals surface area contributed by atoms with E-state index >= 15 is 0 Å². The van der Waals surface area contributed by atoms with E-state index in [4.69, 9.17) is 10.00 Å². The van der Waals surface area contributed by atoms with Gasteiger partial charge in [0.15, 0.2) is 0 Å². The zero-order valence-corrected chi connectivity index (χ0v) is 16.0. The molecule has 1 amide bonds. The number of para-hydroxylation sites is 1. The summed E-state index contributed by atoms with van der Waals surface area (Å²) in [6.07, 6.45) is 0.0868. The van der Waals surface area contributed by atoms with Gasteiger partial charge >= 0.3 is 0 Å². The van der Waals surface area contributed by atoms with E-state index in [0.29, 0.717) is 17.9 Å². The van der Waals surface area contributed by atoms with Gasteiger partial charge < -0.3 is 9.64 Å². The largest absolute Gasteiger partial charge is 0.496 e. The van der Waals surface area contributed by atoms with Crippen LogP contribution in [-0.4, -0.2) is 39.9 Å². The number of carbonyl (C=O) groups excluding carboxylic acids is 1. The molecule has 0 aliphatic heterocycles. The number of amides is 1. The molecule has 0 aromatic heterocycles. The third kappa shape index (κ3) is 5.29. The maximum Gasteiger partial charge on any atom is 0.253 e. The van der Waals surface area contributed by atoms with E-state index in [0.717, 1.165) is 5.56 Å². The minimum Gasteiger partial charge on any atom is -0.496 e. The normalized spacial score (nSPS) is 10.9. The van der Waals surface area contributed by atoms with Gasteiger partial charge in [0.25, 0.3) is 5.91 Å². The first-order valence-electron chi connectivity index (χ1n) is 8.23. The van der Waals surface area contributed by atoms with Crippen LogP contribution >= 0.6 is 0 Å². The van der Waals surface area contributed by atoms with Crippen molar-refractivity contribution < 1.29 is 17.9 Å². The predicted octanol–water partition coefficient (Wildman–Crippen LogP) is 2.16. The highest BCUT2D eigenvalue weighted by Gasteiger charge is 2.17. The third-order valence-electron chi connectivity index (χ3n) is 3.89. The number of ether oxygens (including phenoxy) is 1. The molecule has 27 heavy (non-hydrogen) atoms. The number of hydrogen-bond donors (Lipinski definition) is 1. The summed E-state index contributed by atoms with van der Waals surface area (Å²) >= 11 is 0. The number of hydrogen-bond acceptors (Lipinski definition) is 5. The molecule has 0 saturated carbocycles. The minimum absolute atomic E-state index is 0.0428. The van der Waals surface area contributed by atoms with Gasteiger partial charge in [-0.25, -0.2) is 13.1 Å². The second-order valence-corrected chi connectivity index (χ2v) is 7.57. The van der Waals surface area contributed by atoms with E-state index in [-0.39, 0.29) is 23.8 Å². The van der Waals surface area contributed by atoms with Crippen LogP contribution < -0.4 is 9.46 Å².